The SMILES string of the molecule is CN(C)S(=O)(=O)c1ccc2c(c1)CCCN2C(=O)CSc1nncn1C1CC1. The number of sulfonamides is 1. The molecule has 0 N–H and O–H groups in total. The van der Waals surface area contributed by atoms with Gasteiger partial charge in [0.05, 0.1) is 10.6 Å². The van der Waals surface area contributed by atoms with Gasteiger partial charge in [-0.1, -0.05) is 11.8 Å². The lowest BCUT2D eigenvalue weighted by atomic mass is 10.0. The van der Waals surface area contributed by atoms with E-state index in [1.165, 1.54) is 30.2 Å². The molecule has 8 nitrogen and oxygen atoms in total. The molecule has 1 fully saturated rings. The van der Waals surface area contributed by atoms with E-state index in [2.05, 4.69) is 10.2 Å². The monoisotopic (exact) mass is 421 g/mol. The Morgan fingerprint density at radius 3 is 2.82 bits per heavy atom. The van der Waals surface area contributed by atoms with Crippen molar-refractivity contribution in [3.63, 3.8) is 0 Å². The van der Waals surface area contributed by atoms with Crippen molar-refractivity contribution in [3.8, 4) is 0 Å². The lowest BCUT2D eigenvalue weighted by molar-refractivity contribution is -0.116. The van der Waals surface area contributed by atoms with Crippen molar-refractivity contribution < 1.29 is 13.2 Å². The zero-order valence-corrected chi connectivity index (χ0v) is 17.5. The number of carbonyl (C=O) groups excluding carboxylic acids is 1. The van der Waals surface area contributed by atoms with Crippen LogP contribution < -0.4 is 4.90 Å². The molecule has 150 valence electrons. The quantitative estimate of drug-likeness (QED) is 0.663. The average Bonchev–Trinajstić information content (AvgIpc) is 3.42. The van der Waals surface area contributed by atoms with E-state index < -0.39 is 10.0 Å². The summed E-state index contributed by atoms with van der Waals surface area (Å²) in [5, 5.41) is 8.87. The molecule has 28 heavy (non-hydrogen) atoms. The van der Waals surface area contributed by atoms with E-state index in [9.17, 15) is 13.2 Å². The van der Waals surface area contributed by atoms with E-state index in [-0.39, 0.29) is 16.6 Å². The standard InChI is InChI=1S/C18H23N5O3S2/c1-21(2)28(25,26)15-7-8-16-13(10-15)4-3-9-22(16)17(24)11-27-18-20-19-12-23(18)14-5-6-14/h7-8,10,12,14H,3-6,9,11H2,1-2H3. The van der Waals surface area contributed by atoms with Crippen LogP contribution in [0.25, 0.3) is 0 Å². The van der Waals surface area contributed by atoms with Crippen molar-refractivity contribution in [3.05, 3.63) is 30.1 Å². The van der Waals surface area contributed by atoms with Gasteiger partial charge in [-0.25, -0.2) is 12.7 Å². The number of amides is 1. The normalized spacial score (nSPS) is 17.0. The van der Waals surface area contributed by atoms with Crippen LogP contribution in [-0.2, 0) is 21.2 Å². The van der Waals surface area contributed by atoms with Crippen LogP contribution >= 0.6 is 11.8 Å². The molecule has 1 aliphatic heterocycles. The summed E-state index contributed by atoms with van der Waals surface area (Å²) >= 11 is 1.41. The van der Waals surface area contributed by atoms with Crippen molar-refractivity contribution in [2.24, 2.45) is 0 Å². The molecule has 0 unspecified atom stereocenters. The Bertz CT molecular complexity index is 998. The van der Waals surface area contributed by atoms with Gasteiger partial charge < -0.3 is 9.47 Å². The fraction of sp³-hybridized carbons (Fsp3) is 0.500. The van der Waals surface area contributed by atoms with Crippen LogP contribution in [0.1, 0.15) is 30.9 Å². The van der Waals surface area contributed by atoms with Crippen molar-refractivity contribution in [1.82, 2.24) is 19.1 Å². The maximum atomic E-state index is 12.9. The Hall–Kier alpha value is -1.91. The molecule has 2 aliphatic rings. The largest absolute Gasteiger partial charge is 0.311 e. The van der Waals surface area contributed by atoms with Crippen LogP contribution in [0.4, 0.5) is 5.69 Å². The Balaban J connectivity index is 1.50. The molecule has 10 heteroatoms. The van der Waals surface area contributed by atoms with Crippen LogP contribution in [0.3, 0.4) is 0 Å². The van der Waals surface area contributed by atoms with Gasteiger partial charge >= 0.3 is 0 Å². The number of aromatic nitrogens is 3. The second-order valence-corrected chi connectivity index (χ2v) is 10.4. The number of rotatable bonds is 6. The first-order chi connectivity index (χ1) is 13.4. The lowest BCUT2D eigenvalue weighted by Crippen LogP contribution is -2.37. The van der Waals surface area contributed by atoms with Crippen LogP contribution in [-0.4, -0.2) is 59.8 Å². The van der Waals surface area contributed by atoms with Crippen LogP contribution in [0, 0.1) is 0 Å². The van der Waals surface area contributed by atoms with E-state index in [1.54, 1.807) is 29.4 Å². The minimum absolute atomic E-state index is 0.000450. The Morgan fingerprint density at radius 1 is 1.32 bits per heavy atom. The molecule has 0 saturated heterocycles. The van der Waals surface area contributed by atoms with Gasteiger partial charge in [-0.15, -0.1) is 10.2 Å². The molecule has 0 atom stereocenters. The zero-order valence-electron chi connectivity index (χ0n) is 15.9. The van der Waals surface area contributed by atoms with Crippen molar-refractivity contribution in [1.29, 1.82) is 0 Å². The molecule has 1 amide bonds. The van der Waals surface area contributed by atoms with Gasteiger partial charge in [-0.3, -0.25) is 4.79 Å². The molecule has 1 aliphatic carbocycles. The molecule has 2 heterocycles. The first-order valence-electron chi connectivity index (χ1n) is 9.26. The summed E-state index contributed by atoms with van der Waals surface area (Å²) in [4.78, 5) is 14.9. The summed E-state index contributed by atoms with van der Waals surface area (Å²) in [6.07, 6.45) is 5.58. The van der Waals surface area contributed by atoms with Crippen molar-refractivity contribution in [2.75, 3.05) is 31.3 Å². The Morgan fingerprint density at radius 2 is 2.11 bits per heavy atom. The lowest BCUT2D eigenvalue weighted by Gasteiger charge is -2.30. The van der Waals surface area contributed by atoms with Gasteiger partial charge in [0.15, 0.2) is 5.16 Å². The van der Waals surface area contributed by atoms with Gasteiger partial charge in [0.2, 0.25) is 15.9 Å². The van der Waals surface area contributed by atoms with Crippen LogP contribution in [0.2, 0.25) is 0 Å². The third-order valence-electron chi connectivity index (χ3n) is 5.05. The van der Waals surface area contributed by atoms with Crippen molar-refractivity contribution >= 4 is 33.4 Å². The van der Waals surface area contributed by atoms with Crippen LogP contribution in [0.15, 0.2) is 34.6 Å². The molecular formula is C18H23N5O3S2. The Labute approximate surface area is 169 Å². The minimum Gasteiger partial charge on any atom is -0.311 e. The van der Waals surface area contributed by atoms with Gasteiger partial charge in [-0.2, -0.15) is 0 Å². The number of hydrogen-bond donors (Lipinski definition) is 0. The summed E-state index contributed by atoms with van der Waals surface area (Å²) in [5.74, 6) is 0.280. The number of fused-ring (bicyclic) bond motifs is 1. The minimum atomic E-state index is -3.49. The number of nitrogens with zero attached hydrogens (tertiary/aromatic N) is 5. The maximum absolute atomic E-state index is 12.9. The fourth-order valence-corrected chi connectivity index (χ4v) is 5.16. The molecule has 0 spiro atoms. The summed E-state index contributed by atoms with van der Waals surface area (Å²) < 4.78 is 28.0. The van der Waals surface area contributed by atoms with Crippen molar-refractivity contribution in [2.45, 2.75) is 41.8 Å². The second-order valence-electron chi connectivity index (χ2n) is 7.27. The zero-order chi connectivity index (χ0) is 19.9. The summed E-state index contributed by atoms with van der Waals surface area (Å²) in [5.41, 5.74) is 1.70. The van der Waals surface area contributed by atoms with Gasteiger partial charge in [0, 0.05) is 32.4 Å². The van der Waals surface area contributed by atoms with E-state index in [0.29, 0.717) is 12.6 Å². The molecule has 2 aromatic rings. The highest BCUT2D eigenvalue weighted by Gasteiger charge is 2.28. The third kappa shape index (κ3) is 3.68. The maximum Gasteiger partial charge on any atom is 0.242 e. The van der Waals surface area contributed by atoms with E-state index >= 15 is 0 Å². The molecule has 1 aromatic carbocycles. The fourth-order valence-electron chi connectivity index (χ4n) is 3.35. The molecule has 0 bridgehead atoms. The molecule has 0 radical (unpaired) electrons. The molecule has 1 saturated carbocycles. The molecule has 4 rings (SSSR count). The summed E-state index contributed by atoms with van der Waals surface area (Å²) in [6, 6.07) is 5.50. The Kier molecular flexibility index (Phi) is 5.19. The van der Waals surface area contributed by atoms with Gasteiger partial charge in [0.25, 0.3) is 0 Å². The topological polar surface area (TPSA) is 88.4 Å². The number of thioether (sulfide) groups is 1. The third-order valence-corrected chi connectivity index (χ3v) is 7.81. The highest BCUT2D eigenvalue weighted by Crippen LogP contribution is 2.37. The average molecular weight is 422 g/mol. The van der Waals surface area contributed by atoms with Gasteiger partial charge in [-0.05, 0) is 49.4 Å². The number of aryl methyl sites for hydroxylation is 1. The number of anilines is 1. The first-order valence-corrected chi connectivity index (χ1v) is 11.7. The van der Waals surface area contributed by atoms with Crippen LogP contribution in [0.5, 0.6) is 0 Å². The van der Waals surface area contributed by atoms with E-state index in [4.69, 9.17) is 0 Å². The highest BCUT2D eigenvalue weighted by molar-refractivity contribution is 7.99. The molecule has 1 aromatic heterocycles. The smallest absolute Gasteiger partial charge is 0.242 e. The number of hydrogen-bond acceptors (Lipinski definition) is 6. The predicted molar refractivity (Wildman–Crippen MR) is 107 cm³/mol. The predicted octanol–water partition coefficient (Wildman–Crippen LogP) is 1.93. The molecular weight excluding hydrogens is 398 g/mol. The first kappa shape index (κ1) is 19.4. The summed E-state index contributed by atoms with van der Waals surface area (Å²) in [6.45, 7) is 0.640. The van der Waals surface area contributed by atoms with Gasteiger partial charge in [0.1, 0.15) is 6.33 Å². The van der Waals surface area contributed by atoms with E-state index in [1.807, 2.05) is 4.57 Å². The highest BCUT2D eigenvalue weighted by atomic mass is 32.2. The summed E-state index contributed by atoms with van der Waals surface area (Å²) in [7, 11) is -0.455. The second kappa shape index (κ2) is 7.49. The number of carbonyl (C=O) groups is 1. The number of benzene rings is 1. The van der Waals surface area contributed by atoms with E-state index in [0.717, 1.165) is 42.1 Å².